The number of amides is 1. The van der Waals surface area contributed by atoms with Crippen molar-refractivity contribution in [3.63, 3.8) is 0 Å². The van der Waals surface area contributed by atoms with Crippen molar-refractivity contribution in [2.45, 2.75) is 26.3 Å². The van der Waals surface area contributed by atoms with Crippen molar-refractivity contribution in [2.75, 3.05) is 13.1 Å². The number of rotatable bonds is 2. The van der Waals surface area contributed by atoms with Crippen LogP contribution in [0, 0.1) is 12.8 Å². The lowest BCUT2D eigenvalue weighted by Gasteiger charge is -2.22. The molecule has 0 aromatic heterocycles. The van der Waals surface area contributed by atoms with Crippen LogP contribution in [0.2, 0.25) is 5.02 Å². The van der Waals surface area contributed by atoms with Crippen LogP contribution in [0.25, 0.3) is 0 Å². The number of hydrogen-bond donors (Lipinski definition) is 1. The summed E-state index contributed by atoms with van der Waals surface area (Å²) < 4.78 is 0. The average molecular weight is 267 g/mol. The zero-order valence-electron chi connectivity index (χ0n) is 10.8. The van der Waals surface area contributed by atoms with E-state index in [9.17, 15) is 4.79 Å². The molecule has 2 atom stereocenters. The fraction of sp³-hybridized carbons (Fsp3) is 0.500. The van der Waals surface area contributed by atoms with E-state index < -0.39 is 0 Å². The van der Waals surface area contributed by atoms with Gasteiger partial charge >= 0.3 is 0 Å². The van der Waals surface area contributed by atoms with Crippen LogP contribution >= 0.6 is 11.6 Å². The van der Waals surface area contributed by atoms with Crippen molar-refractivity contribution in [1.82, 2.24) is 4.90 Å². The Bertz CT molecular complexity index is 461. The van der Waals surface area contributed by atoms with Gasteiger partial charge in [0, 0.05) is 12.6 Å². The molecule has 98 valence electrons. The summed E-state index contributed by atoms with van der Waals surface area (Å²) in [6, 6.07) is 5.81. The third-order valence-electron chi connectivity index (χ3n) is 3.68. The highest BCUT2D eigenvalue weighted by Crippen LogP contribution is 2.27. The van der Waals surface area contributed by atoms with Crippen molar-refractivity contribution in [2.24, 2.45) is 11.7 Å². The van der Waals surface area contributed by atoms with Gasteiger partial charge in [0.15, 0.2) is 0 Å². The van der Waals surface area contributed by atoms with Gasteiger partial charge in [0.2, 0.25) is 0 Å². The van der Waals surface area contributed by atoms with Crippen molar-refractivity contribution in [3.8, 4) is 0 Å². The molecule has 1 aliphatic rings. The summed E-state index contributed by atoms with van der Waals surface area (Å²) in [6.45, 7) is 5.35. The smallest absolute Gasteiger partial charge is 0.255 e. The molecule has 2 rings (SSSR count). The Morgan fingerprint density at radius 2 is 2.28 bits per heavy atom. The highest BCUT2D eigenvalue weighted by molar-refractivity contribution is 6.34. The van der Waals surface area contributed by atoms with Crippen LogP contribution in [-0.2, 0) is 0 Å². The molecule has 2 unspecified atom stereocenters. The maximum absolute atomic E-state index is 12.5. The second kappa shape index (κ2) is 5.29. The molecule has 1 aliphatic heterocycles. The Balaban J connectivity index is 2.24. The number of nitrogens with zero attached hydrogens (tertiary/aromatic N) is 1. The molecule has 0 spiro atoms. The number of carbonyl (C=O) groups is 1. The summed E-state index contributed by atoms with van der Waals surface area (Å²) in [6.07, 6.45) is 0.978. The number of nitrogens with two attached hydrogens (primary N) is 1. The first-order chi connectivity index (χ1) is 8.54. The molecule has 0 saturated carbocycles. The molecule has 3 nitrogen and oxygen atoms in total. The van der Waals surface area contributed by atoms with E-state index in [1.165, 1.54) is 0 Å². The molecule has 2 N–H and O–H groups in total. The van der Waals surface area contributed by atoms with Crippen LogP contribution in [0.1, 0.15) is 29.3 Å². The monoisotopic (exact) mass is 266 g/mol. The van der Waals surface area contributed by atoms with E-state index >= 15 is 0 Å². The van der Waals surface area contributed by atoms with Gasteiger partial charge in [-0.25, -0.2) is 0 Å². The molecule has 1 aromatic rings. The summed E-state index contributed by atoms with van der Waals surface area (Å²) in [5.74, 6) is 0.430. The molecule has 0 aliphatic carbocycles. The van der Waals surface area contributed by atoms with Crippen molar-refractivity contribution in [1.29, 1.82) is 0 Å². The number of carbonyl (C=O) groups excluding carboxylic acids is 1. The minimum absolute atomic E-state index is 0.0205. The lowest BCUT2D eigenvalue weighted by molar-refractivity contribution is 0.0743. The third-order valence-corrected chi connectivity index (χ3v) is 4.18. The van der Waals surface area contributed by atoms with Crippen molar-refractivity contribution >= 4 is 17.5 Å². The first kappa shape index (κ1) is 13.4. The van der Waals surface area contributed by atoms with E-state index in [1.54, 1.807) is 6.07 Å². The molecule has 18 heavy (non-hydrogen) atoms. The number of aryl methyl sites for hydroxylation is 1. The van der Waals surface area contributed by atoms with Gasteiger partial charge in [-0.1, -0.05) is 23.7 Å². The summed E-state index contributed by atoms with van der Waals surface area (Å²) >= 11 is 6.21. The summed E-state index contributed by atoms with van der Waals surface area (Å²) in [7, 11) is 0. The molecule has 1 heterocycles. The number of benzene rings is 1. The van der Waals surface area contributed by atoms with Gasteiger partial charge in [-0.3, -0.25) is 4.79 Å². The summed E-state index contributed by atoms with van der Waals surface area (Å²) in [5.41, 5.74) is 7.22. The molecule has 4 heteroatoms. The number of likely N-dealkylation sites (tertiary alicyclic amines) is 1. The quantitative estimate of drug-likeness (QED) is 0.894. The minimum Gasteiger partial charge on any atom is -0.336 e. The van der Waals surface area contributed by atoms with E-state index in [0.29, 0.717) is 23.0 Å². The van der Waals surface area contributed by atoms with Gasteiger partial charge in [-0.15, -0.1) is 0 Å². The Morgan fingerprint density at radius 3 is 2.89 bits per heavy atom. The topological polar surface area (TPSA) is 46.3 Å². The highest BCUT2D eigenvalue weighted by Gasteiger charge is 2.32. The molecule has 1 saturated heterocycles. The van der Waals surface area contributed by atoms with Crippen LogP contribution in [0.3, 0.4) is 0 Å². The first-order valence-corrected chi connectivity index (χ1v) is 6.68. The molecular weight excluding hydrogens is 248 g/mol. The predicted molar refractivity (Wildman–Crippen MR) is 73.8 cm³/mol. The lowest BCUT2D eigenvalue weighted by Crippen LogP contribution is -2.34. The van der Waals surface area contributed by atoms with Gasteiger partial charge in [-0.05, 0) is 44.4 Å². The van der Waals surface area contributed by atoms with Crippen LogP contribution in [0.5, 0.6) is 0 Å². The van der Waals surface area contributed by atoms with Crippen molar-refractivity contribution < 1.29 is 4.79 Å². The van der Waals surface area contributed by atoms with Crippen LogP contribution in [-0.4, -0.2) is 29.9 Å². The van der Waals surface area contributed by atoms with Crippen molar-refractivity contribution in [3.05, 3.63) is 34.3 Å². The maximum atomic E-state index is 12.5. The SMILES string of the molecule is Cc1cccc(C(=O)N2CC(CN)CC2C)c1Cl. The highest BCUT2D eigenvalue weighted by atomic mass is 35.5. The van der Waals surface area contributed by atoms with Crippen LogP contribution in [0.4, 0.5) is 0 Å². The zero-order valence-corrected chi connectivity index (χ0v) is 11.6. The standard InChI is InChI=1S/C14H19ClN2O/c1-9-4-3-5-12(13(9)15)14(18)17-8-11(7-16)6-10(17)2/h3-5,10-11H,6-8,16H2,1-2H3. The minimum atomic E-state index is 0.0205. The Hall–Kier alpha value is -1.06. The van der Waals surface area contributed by atoms with E-state index in [4.69, 9.17) is 17.3 Å². The molecular formula is C14H19ClN2O. The average Bonchev–Trinajstić information content (AvgIpc) is 2.73. The largest absolute Gasteiger partial charge is 0.336 e. The van der Waals surface area contributed by atoms with Gasteiger partial charge in [0.25, 0.3) is 5.91 Å². The Morgan fingerprint density at radius 1 is 1.56 bits per heavy atom. The Labute approximate surface area is 113 Å². The molecule has 0 radical (unpaired) electrons. The normalized spacial score (nSPS) is 23.4. The van der Waals surface area contributed by atoms with Gasteiger partial charge < -0.3 is 10.6 Å². The van der Waals surface area contributed by atoms with Crippen LogP contribution < -0.4 is 5.73 Å². The molecule has 0 bridgehead atoms. The fourth-order valence-corrected chi connectivity index (χ4v) is 2.77. The Kier molecular flexibility index (Phi) is 3.93. The van der Waals surface area contributed by atoms with Gasteiger partial charge in [0.1, 0.15) is 0 Å². The predicted octanol–water partition coefficient (Wildman–Crippen LogP) is 2.46. The first-order valence-electron chi connectivity index (χ1n) is 6.30. The maximum Gasteiger partial charge on any atom is 0.255 e. The molecule has 1 amide bonds. The summed E-state index contributed by atoms with van der Waals surface area (Å²) in [5, 5.41) is 0.561. The van der Waals surface area contributed by atoms with E-state index in [-0.39, 0.29) is 11.9 Å². The second-order valence-corrected chi connectivity index (χ2v) is 5.46. The number of halogens is 1. The number of hydrogen-bond acceptors (Lipinski definition) is 2. The van der Waals surface area contributed by atoms with Crippen LogP contribution in [0.15, 0.2) is 18.2 Å². The second-order valence-electron chi connectivity index (χ2n) is 5.08. The molecule has 1 aromatic carbocycles. The molecule has 1 fully saturated rings. The summed E-state index contributed by atoms with van der Waals surface area (Å²) in [4.78, 5) is 14.4. The van der Waals surface area contributed by atoms with E-state index in [2.05, 4.69) is 6.92 Å². The fourth-order valence-electron chi connectivity index (χ4n) is 2.56. The zero-order chi connectivity index (χ0) is 13.3. The van der Waals surface area contributed by atoms with E-state index in [1.807, 2.05) is 24.0 Å². The van der Waals surface area contributed by atoms with Gasteiger partial charge in [-0.2, -0.15) is 0 Å². The van der Waals surface area contributed by atoms with E-state index in [0.717, 1.165) is 18.5 Å². The third kappa shape index (κ3) is 2.38. The lowest BCUT2D eigenvalue weighted by atomic mass is 10.1. The van der Waals surface area contributed by atoms with Gasteiger partial charge in [0.05, 0.1) is 10.6 Å².